The van der Waals surface area contributed by atoms with Crippen molar-refractivity contribution in [2.75, 3.05) is 12.4 Å². The first kappa shape index (κ1) is 22.5. The molecule has 0 bridgehead atoms. The molecule has 0 spiro atoms. The summed E-state index contributed by atoms with van der Waals surface area (Å²) in [5.41, 5.74) is 4.17. The van der Waals surface area contributed by atoms with Crippen LogP contribution in [0.3, 0.4) is 0 Å². The van der Waals surface area contributed by atoms with Gasteiger partial charge in [0.1, 0.15) is 11.5 Å². The van der Waals surface area contributed by atoms with Gasteiger partial charge in [0, 0.05) is 24.9 Å². The normalized spacial score (nSPS) is 11.7. The number of amides is 1. The Labute approximate surface area is 184 Å². The van der Waals surface area contributed by atoms with E-state index in [9.17, 15) is 4.79 Å². The van der Waals surface area contributed by atoms with E-state index in [0.29, 0.717) is 23.4 Å². The van der Waals surface area contributed by atoms with Gasteiger partial charge in [-0.1, -0.05) is 25.5 Å². The lowest BCUT2D eigenvalue weighted by Gasteiger charge is -2.12. The van der Waals surface area contributed by atoms with Crippen LogP contribution in [-0.4, -0.2) is 24.1 Å². The molecule has 0 saturated carbocycles. The maximum absolute atomic E-state index is 12.7. The van der Waals surface area contributed by atoms with Gasteiger partial charge in [0.2, 0.25) is 0 Å². The number of nitrogens with zero attached hydrogens (tertiary/aromatic N) is 1. The topological polar surface area (TPSA) is 60.5 Å². The van der Waals surface area contributed by atoms with Crippen LogP contribution < -0.4 is 10.1 Å². The van der Waals surface area contributed by atoms with Crippen molar-refractivity contribution in [3.8, 4) is 11.5 Å². The second-order valence-electron chi connectivity index (χ2n) is 7.66. The molecule has 162 valence electrons. The first-order valence-electron chi connectivity index (χ1n) is 10.7. The Morgan fingerprint density at radius 1 is 1.00 bits per heavy atom. The molecule has 1 heterocycles. The Bertz CT molecular complexity index is 998. The zero-order valence-corrected chi connectivity index (χ0v) is 18.6. The number of ether oxygens (including phenoxy) is 2. The standard InChI is InChI=1S/C26H30N2O3/c1-5-6-20-7-12-23(13-8-20)31-24-14-9-21(10-15-24)28-26(29)25-16-11-22(27-19(25)3)17-18(2)30-4/h7-16,18H,5-6,17H2,1-4H3,(H,28,29). The Kier molecular flexibility index (Phi) is 7.79. The molecule has 1 unspecified atom stereocenters. The predicted octanol–water partition coefficient (Wildman–Crippen LogP) is 5.96. The molecule has 2 aromatic carbocycles. The molecule has 0 aliphatic heterocycles. The number of pyridine rings is 1. The van der Waals surface area contributed by atoms with Crippen LogP contribution in [0.4, 0.5) is 5.69 Å². The summed E-state index contributed by atoms with van der Waals surface area (Å²) in [7, 11) is 1.68. The maximum atomic E-state index is 12.7. The highest BCUT2D eigenvalue weighted by atomic mass is 16.5. The van der Waals surface area contributed by atoms with Gasteiger partial charge in [0.25, 0.3) is 5.91 Å². The van der Waals surface area contributed by atoms with Gasteiger partial charge in [-0.2, -0.15) is 0 Å². The van der Waals surface area contributed by atoms with E-state index in [1.807, 2.05) is 62.4 Å². The molecule has 1 aromatic heterocycles. The largest absolute Gasteiger partial charge is 0.457 e. The number of aryl methyl sites for hydroxylation is 2. The van der Waals surface area contributed by atoms with Crippen LogP contribution in [-0.2, 0) is 17.6 Å². The molecule has 0 saturated heterocycles. The summed E-state index contributed by atoms with van der Waals surface area (Å²) >= 11 is 0. The number of anilines is 1. The van der Waals surface area contributed by atoms with Crippen LogP contribution in [0.15, 0.2) is 60.7 Å². The summed E-state index contributed by atoms with van der Waals surface area (Å²) in [6.45, 7) is 6.01. The first-order valence-corrected chi connectivity index (χ1v) is 10.7. The minimum atomic E-state index is -0.184. The fourth-order valence-corrected chi connectivity index (χ4v) is 3.30. The van der Waals surface area contributed by atoms with Crippen molar-refractivity contribution in [1.82, 2.24) is 4.98 Å². The van der Waals surface area contributed by atoms with Gasteiger partial charge in [-0.05, 0) is 74.4 Å². The summed E-state index contributed by atoms with van der Waals surface area (Å²) in [6.07, 6.45) is 2.99. The number of benzene rings is 2. The molecule has 1 atom stereocenters. The summed E-state index contributed by atoms with van der Waals surface area (Å²) in [6, 6.07) is 19.2. The SMILES string of the molecule is CCCc1ccc(Oc2ccc(NC(=O)c3ccc(CC(C)OC)nc3C)cc2)cc1. The predicted molar refractivity (Wildman–Crippen MR) is 124 cm³/mol. The van der Waals surface area contributed by atoms with Gasteiger partial charge >= 0.3 is 0 Å². The molecule has 0 aliphatic rings. The molecular weight excluding hydrogens is 388 g/mol. The fraction of sp³-hybridized carbons (Fsp3) is 0.308. The van der Waals surface area contributed by atoms with Gasteiger partial charge < -0.3 is 14.8 Å². The molecular formula is C26H30N2O3. The average molecular weight is 419 g/mol. The van der Waals surface area contributed by atoms with Crippen molar-refractivity contribution in [2.24, 2.45) is 0 Å². The van der Waals surface area contributed by atoms with Crippen molar-refractivity contribution >= 4 is 11.6 Å². The van der Waals surface area contributed by atoms with Crippen LogP contribution in [0.5, 0.6) is 11.5 Å². The molecule has 3 rings (SSSR count). The highest BCUT2D eigenvalue weighted by molar-refractivity contribution is 6.05. The fourth-order valence-electron chi connectivity index (χ4n) is 3.30. The Morgan fingerprint density at radius 2 is 1.65 bits per heavy atom. The molecule has 0 aliphatic carbocycles. The Hall–Kier alpha value is -3.18. The van der Waals surface area contributed by atoms with Crippen molar-refractivity contribution in [1.29, 1.82) is 0 Å². The molecule has 0 fully saturated rings. The second-order valence-corrected chi connectivity index (χ2v) is 7.66. The highest BCUT2D eigenvalue weighted by Gasteiger charge is 2.12. The minimum absolute atomic E-state index is 0.0848. The van der Waals surface area contributed by atoms with Crippen LogP contribution in [0, 0.1) is 6.92 Å². The quantitative estimate of drug-likeness (QED) is 0.465. The Morgan fingerprint density at radius 3 is 2.23 bits per heavy atom. The number of aromatic nitrogens is 1. The van der Waals surface area contributed by atoms with E-state index >= 15 is 0 Å². The van der Waals surface area contributed by atoms with Gasteiger partial charge in [-0.3, -0.25) is 9.78 Å². The monoisotopic (exact) mass is 418 g/mol. The van der Waals surface area contributed by atoms with Crippen molar-refractivity contribution in [3.05, 3.63) is 83.2 Å². The average Bonchev–Trinajstić information content (AvgIpc) is 2.76. The van der Waals surface area contributed by atoms with Crippen LogP contribution in [0.25, 0.3) is 0 Å². The molecule has 5 nitrogen and oxygen atoms in total. The smallest absolute Gasteiger partial charge is 0.257 e. The number of carbonyl (C=O) groups is 1. The lowest BCUT2D eigenvalue weighted by Crippen LogP contribution is -2.16. The van der Waals surface area contributed by atoms with Gasteiger partial charge in [0.15, 0.2) is 0 Å². The maximum Gasteiger partial charge on any atom is 0.257 e. The lowest BCUT2D eigenvalue weighted by atomic mass is 10.1. The summed E-state index contributed by atoms with van der Waals surface area (Å²) < 4.78 is 11.2. The van der Waals surface area contributed by atoms with Crippen LogP contribution in [0.2, 0.25) is 0 Å². The van der Waals surface area contributed by atoms with E-state index in [2.05, 4.69) is 29.4 Å². The van der Waals surface area contributed by atoms with Gasteiger partial charge in [-0.15, -0.1) is 0 Å². The van der Waals surface area contributed by atoms with Crippen molar-refractivity contribution < 1.29 is 14.3 Å². The third-order valence-corrected chi connectivity index (χ3v) is 5.10. The number of nitrogens with one attached hydrogen (secondary N) is 1. The zero-order valence-electron chi connectivity index (χ0n) is 18.6. The lowest BCUT2D eigenvalue weighted by molar-refractivity contribution is 0.102. The molecule has 1 amide bonds. The van der Waals surface area contributed by atoms with E-state index in [1.165, 1.54) is 5.56 Å². The highest BCUT2D eigenvalue weighted by Crippen LogP contribution is 2.24. The third-order valence-electron chi connectivity index (χ3n) is 5.10. The van der Waals surface area contributed by atoms with Crippen LogP contribution >= 0.6 is 0 Å². The molecule has 5 heteroatoms. The molecule has 1 N–H and O–H groups in total. The van der Waals surface area contributed by atoms with Crippen LogP contribution in [0.1, 0.15) is 47.6 Å². The van der Waals surface area contributed by atoms with Gasteiger partial charge in [0.05, 0.1) is 17.4 Å². The summed E-state index contributed by atoms with van der Waals surface area (Å²) in [5, 5.41) is 2.92. The minimum Gasteiger partial charge on any atom is -0.457 e. The van der Waals surface area contributed by atoms with Gasteiger partial charge in [-0.25, -0.2) is 0 Å². The summed E-state index contributed by atoms with van der Waals surface area (Å²) in [5.74, 6) is 1.33. The van der Waals surface area contributed by atoms with Crippen molar-refractivity contribution in [3.63, 3.8) is 0 Å². The number of methoxy groups -OCH3 is 1. The third kappa shape index (κ3) is 6.40. The van der Waals surface area contributed by atoms with E-state index in [1.54, 1.807) is 7.11 Å². The molecule has 31 heavy (non-hydrogen) atoms. The number of hydrogen-bond donors (Lipinski definition) is 1. The zero-order chi connectivity index (χ0) is 22.2. The van der Waals surface area contributed by atoms with E-state index < -0.39 is 0 Å². The van der Waals surface area contributed by atoms with E-state index in [0.717, 1.165) is 30.0 Å². The molecule has 0 radical (unpaired) electrons. The second kappa shape index (κ2) is 10.7. The molecule has 3 aromatic rings. The summed E-state index contributed by atoms with van der Waals surface area (Å²) in [4.78, 5) is 17.2. The van der Waals surface area contributed by atoms with E-state index in [4.69, 9.17) is 9.47 Å². The first-order chi connectivity index (χ1) is 15.0. The Balaban J connectivity index is 1.60. The number of carbonyl (C=O) groups excluding carboxylic acids is 1. The van der Waals surface area contributed by atoms with E-state index in [-0.39, 0.29) is 12.0 Å². The number of rotatable bonds is 9. The number of hydrogen-bond acceptors (Lipinski definition) is 4. The van der Waals surface area contributed by atoms with Crippen molar-refractivity contribution in [2.45, 2.75) is 46.1 Å².